The van der Waals surface area contributed by atoms with Crippen molar-refractivity contribution in [3.05, 3.63) is 34.6 Å². The molecule has 0 spiro atoms. The number of benzene rings is 1. The first-order chi connectivity index (χ1) is 7.95. The van der Waals surface area contributed by atoms with Gasteiger partial charge in [0.25, 0.3) is 0 Å². The van der Waals surface area contributed by atoms with Crippen molar-refractivity contribution in [2.75, 3.05) is 13.2 Å². The molecule has 1 rings (SSSR count). The van der Waals surface area contributed by atoms with E-state index in [1.54, 1.807) is 0 Å². The molecule has 1 atom stereocenters. The van der Waals surface area contributed by atoms with Crippen LogP contribution in [0.2, 0.25) is 5.02 Å². The van der Waals surface area contributed by atoms with Crippen LogP contribution in [0.25, 0.3) is 0 Å². The molecule has 0 fully saturated rings. The third-order valence-corrected chi connectivity index (χ3v) is 3.87. The quantitative estimate of drug-likeness (QED) is 0.854. The normalized spacial score (nSPS) is 15.0. The van der Waals surface area contributed by atoms with Crippen LogP contribution in [0, 0.1) is 17.2 Å². The van der Waals surface area contributed by atoms with Gasteiger partial charge in [0.1, 0.15) is 5.82 Å². The van der Waals surface area contributed by atoms with Crippen molar-refractivity contribution in [2.24, 2.45) is 17.1 Å². The highest BCUT2D eigenvalue weighted by atomic mass is 35.5. The van der Waals surface area contributed by atoms with E-state index < -0.39 is 5.41 Å². The summed E-state index contributed by atoms with van der Waals surface area (Å²) in [6.45, 7) is 4.30. The Bertz CT molecular complexity index is 378. The van der Waals surface area contributed by atoms with E-state index in [1.807, 2.05) is 13.8 Å². The average Bonchev–Trinajstić information content (AvgIpc) is 2.30. The minimum atomic E-state index is -0.447. The molecule has 0 bridgehead atoms. The van der Waals surface area contributed by atoms with Gasteiger partial charge in [0.15, 0.2) is 0 Å². The molecular formula is C13H19ClFNO. The minimum Gasteiger partial charge on any atom is -0.396 e. The van der Waals surface area contributed by atoms with E-state index in [4.69, 9.17) is 17.3 Å². The van der Waals surface area contributed by atoms with Crippen LogP contribution in [-0.2, 0) is 6.42 Å². The van der Waals surface area contributed by atoms with E-state index in [-0.39, 0.29) is 18.3 Å². The summed E-state index contributed by atoms with van der Waals surface area (Å²) in [6, 6.07) is 4.26. The minimum absolute atomic E-state index is 0.0337. The fourth-order valence-electron chi connectivity index (χ4n) is 1.87. The predicted octanol–water partition coefficient (Wildman–Crippen LogP) is 2.62. The molecule has 0 aromatic heterocycles. The van der Waals surface area contributed by atoms with Gasteiger partial charge in [0.05, 0.1) is 6.61 Å². The van der Waals surface area contributed by atoms with Crippen molar-refractivity contribution in [1.82, 2.24) is 0 Å². The van der Waals surface area contributed by atoms with Gasteiger partial charge >= 0.3 is 0 Å². The Morgan fingerprint density at radius 1 is 1.47 bits per heavy atom. The van der Waals surface area contributed by atoms with E-state index in [9.17, 15) is 9.50 Å². The van der Waals surface area contributed by atoms with E-state index >= 15 is 0 Å². The van der Waals surface area contributed by atoms with Gasteiger partial charge in [0.2, 0.25) is 0 Å². The number of rotatable bonds is 5. The summed E-state index contributed by atoms with van der Waals surface area (Å²) in [5.74, 6) is -0.131. The van der Waals surface area contributed by atoms with Crippen molar-refractivity contribution in [1.29, 1.82) is 0 Å². The first-order valence-electron chi connectivity index (χ1n) is 5.70. The molecule has 17 heavy (non-hydrogen) atoms. The zero-order chi connectivity index (χ0) is 13.1. The average molecular weight is 260 g/mol. The van der Waals surface area contributed by atoms with Crippen molar-refractivity contribution in [2.45, 2.75) is 20.3 Å². The highest BCUT2D eigenvalue weighted by Crippen LogP contribution is 2.33. The maximum Gasteiger partial charge on any atom is 0.123 e. The molecular weight excluding hydrogens is 241 g/mol. The van der Waals surface area contributed by atoms with Crippen molar-refractivity contribution in [3.8, 4) is 0 Å². The Kier molecular flexibility index (Phi) is 4.92. The largest absolute Gasteiger partial charge is 0.396 e. The number of hydrogen-bond donors (Lipinski definition) is 2. The van der Waals surface area contributed by atoms with Gasteiger partial charge in [-0.1, -0.05) is 25.4 Å². The van der Waals surface area contributed by atoms with Gasteiger partial charge in [-0.25, -0.2) is 4.39 Å². The van der Waals surface area contributed by atoms with Gasteiger partial charge in [-0.2, -0.15) is 0 Å². The Morgan fingerprint density at radius 2 is 2.12 bits per heavy atom. The molecule has 0 saturated carbocycles. The smallest absolute Gasteiger partial charge is 0.123 e. The summed E-state index contributed by atoms with van der Waals surface area (Å²) >= 11 is 6.03. The lowest BCUT2D eigenvalue weighted by atomic mass is 9.73. The lowest BCUT2D eigenvalue weighted by Gasteiger charge is -2.35. The molecule has 0 aliphatic rings. The van der Waals surface area contributed by atoms with E-state index in [0.717, 1.165) is 0 Å². The first-order valence-corrected chi connectivity index (χ1v) is 6.08. The van der Waals surface area contributed by atoms with Crippen LogP contribution in [0.15, 0.2) is 18.2 Å². The summed E-state index contributed by atoms with van der Waals surface area (Å²) in [7, 11) is 0. The number of aliphatic hydroxyl groups excluding tert-OH is 1. The van der Waals surface area contributed by atoms with Crippen molar-refractivity contribution in [3.63, 3.8) is 0 Å². The predicted molar refractivity (Wildman–Crippen MR) is 68.5 cm³/mol. The second kappa shape index (κ2) is 5.80. The van der Waals surface area contributed by atoms with Crippen molar-refractivity contribution >= 4 is 11.6 Å². The second-order valence-corrected chi connectivity index (χ2v) is 5.20. The number of aliphatic hydroxyl groups is 1. The summed E-state index contributed by atoms with van der Waals surface area (Å²) in [6.07, 6.45) is 0.480. The Hall–Kier alpha value is -0.640. The molecule has 0 heterocycles. The molecule has 1 unspecified atom stereocenters. The lowest BCUT2D eigenvalue weighted by Crippen LogP contribution is -2.41. The van der Waals surface area contributed by atoms with Crippen molar-refractivity contribution < 1.29 is 9.50 Å². The third-order valence-electron chi connectivity index (χ3n) is 3.50. The maximum absolute atomic E-state index is 13.2. The molecule has 0 radical (unpaired) electrons. The van der Waals surface area contributed by atoms with Gasteiger partial charge in [-0.3, -0.25) is 0 Å². The molecule has 0 aliphatic heterocycles. The maximum atomic E-state index is 13.2. The van der Waals surface area contributed by atoms with E-state index in [2.05, 4.69) is 0 Å². The Morgan fingerprint density at radius 3 is 2.59 bits per heavy atom. The summed E-state index contributed by atoms with van der Waals surface area (Å²) in [5.41, 5.74) is 6.01. The van der Waals surface area contributed by atoms with Gasteiger partial charge < -0.3 is 10.8 Å². The number of hydrogen-bond acceptors (Lipinski definition) is 2. The van der Waals surface area contributed by atoms with Gasteiger partial charge in [-0.15, -0.1) is 0 Å². The molecule has 2 nitrogen and oxygen atoms in total. The zero-order valence-electron chi connectivity index (χ0n) is 10.2. The second-order valence-electron chi connectivity index (χ2n) is 4.79. The van der Waals surface area contributed by atoms with Crippen LogP contribution < -0.4 is 5.73 Å². The fourth-order valence-corrected chi connectivity index (χ4v) is 2.06. The Balaban J connectivity index is 3.05. The van der Waals surface area contributed by atoms with Gasteiger partial charge in [0, 0.05) is 17.0 Å². The van der Waals surface area contributed by atoms with Crippen LogP contribution in [-0.4, -0.2) is 18.3 Å². The van der Waals surface area contributed by atoms with E-state index in [1.165, 1.54) is 18.2 Å². The van der Waals surface area contributed by atoms with E-state index in [0.29, 0.717) is 23.6 Å². The third kappa shape index (κ3) is 3.18. The van der Waals surface area contributed by atoms with Crippen LogP contribution >= 0.6 is 11.6 Å². The standard InChI is InChI=1S/C13H19ClFNO/c1-9(2)13(7-16,8-17)6-10-5-11(15)3-4-12(10)14/h3-5,9,17H,6-8,16H2,1-2H3. The lowest BCUT2D eigenvalue weighted by molar-refractivity contribution is 0.0842. The number of halogens is 2. The monoisotopic (exact) mass is 259 g/mol. The SMILES string of the molecule is CC(C)C(CN)(CO)Cc1cc(F)ccc1Cl. The Labute approximate surface area is 107 Å². The molecule has 4 heteroatoms. The molecule has 1 aromatic carbocycles. The molecule has 0 saturated heterocycles. The molecule has 3 N–H and O–H groups in total. The highest BCUT2D eigenvalue weighted by molar-refractivity contribution is 6.31. The molecule has 0 aliphatic carbocycles. The summed E-state index contributed by atoms with van der Waals surface area (Å²) in [4.78, 5) is 0. The molecule has 0 amide bonds. The first kappa shape index (κ1) is 14.4. The van der Waals surface area contributed by atoms with Crippen LogP contribution in [0.5, 0.6) is 0 Å². The van der Waals surface area contributed by atoms with Crippen LogP contribution in [0.3, 0.4) is 0 Å². The fraction of sp³-hybridized carbons (Fsp3) is 0.538. The molecule has 1 aromatic rings. The zero-order valence-corrected chi connectivity index (χ0v) is 11.0. The highest BCUT2D eigenvalue weighted by Gasteiger charge is 2.32. The molecule has 96 valence electrons. The van der Waals surface area contributed by atoms with Crippen LogP contribution in [0.4, 0.5) is 4.39 Å². The summed E-state index contributed by atoms with van der Waals surface area (Å²) in [5, 5.41) is 10.1. The van der Waals surface area contributed by atoms with Crippen LogP contribution in [0.1, 0.15) is 19.4 Å². The number of nitrogens with two attached hydrogens (primary N) is 1. The van der Waals surface area contributed by atoms with Gasteiger partial charge in [-0.05, 0) is 36.1 Å². The summed E-state index contributed by atoms with van der Waals surface area (Å²) < 4.78 is 13.2. The topological polar surface area (TPSA) is 46.2 Å².